The smallest absolute Gasteiger partial charge is 0.239 e. The molecule has 1 rings (SSSR count). The minimum absolute atomic E-state index is 0.0136. The summed E-state index contributed by atoms with van der Waals surface area (Å²) in [6.07, 6.45) is 6.55. The monoisotopic (exact) mass is 301 g/mol. The second kappa shape index (κ2) is 8.52. The van der Waals surface area contributed by atoms with E-state index in [-0.39, 0.29) is 30.3 Å². The van der Waals surface area contributed by atoms with Gasteiger partial charge in [-0.3, -0.25) is 9.59 Å². The summed E-state index contributed by atoms with van der Waals surface area (Å²) in [6, 6.07) is -0.317. The molecule has 6 heteroatoms. The zero-order valence-electron chi connectivity index (χ0n) is 12.6. The number of amides is 2. The van der Waals surface area contributed by atoms with Crippen LogP contribution in [-0.2, 0) is 9.59 Å². The van der Waals surface area contributed by atoms with Gasteiger partial charge in [0.1, 0.15) is 0 Å². The lowest BCUT2D eigenvalue weighted by Gasteiger charge is -2.28. The molecule has 2 unspecified atom stereocenters. The predicted molar refractivity (Wildman–Crippen MR) is 83.5 cm³/mol. The first-order valence-corrected chi connectivity index (χ1v) is 8.58. The molecule has 0 spiro atoms. The molecule has 20 heavy (non-hydrogen) atoms. The Balaban J connectivity index is 2.28. The van der Waals surface area contributed by atoms with Crippen LogP contribution in [0.5, 0.6) is 0 Å². The van der Waals surface area contributed by atoms with Crippen LogP contribution in [0.4, 0.5) is 0 Å². The number of rotatable bonds is 6. The number of hydrogen-bond acceptors (Lipinski definition) is 4. The Hall–Kier alpha value is -0.750. The Labute approximate surface area is 125 Å². The summed E-state index contributed by atoms with van der Waals surface area (Å²) in [5, 5.41) is 6.23. The van der Waals surface area contributed by atoms with Crippen LogP contribution in [0.1, 0.15) is 39.5 Å². The van der Waals surface area contributed by atoms with Crippen LogP contribution < -0.4 is 16.4 Å². The van der Waals surface area contributed by atoms with Crippen LogP contribution in [0.15, 0.2) is 0 Å². The van der Waals surface area contributed by atoms with Crippen molar-refractivity contribution >= 4 is 23.6 Å². The molecular formula is C14H27N3O2S. The number of nitrogens with two attached hydrogens (primary N) is 1. The fourth-order valence-electron chi connectivity index (χ4n) is 2.36. The van der Waals surface area contributed by atoms with Crippen molar-refractivity contribution in [2.45, 2.75) is 56.9 Å². The van der Waals surface area contributed by atoms with Gasteiger partial charge in [-0.1, -0.05) is 20.3 Å². The molecule has 0 radical (unpaired) electrons. The van der Waals surface area contributed by atoms with Gasteiger partial charge in [-0.25, -0.2) is 0 Å². The first-order chi connectivity index (χ1) is 9.43. The highest BCUT2D eigenvalue weighted by Crippen LogP contribution is 2.26. The second-order valence-corrected chi connectivity index (χ2v) is 6.91. The molecule has 2 amide bonds. The maximum Gasteiger partial charge on any atom is 0.239 e. The van der Waals surface area contributed by atoms with Crippen LogP contribution in [-0.4, -0.2) is 41.9 Å². The summed E-state index contributed by atoms with van der Waals surface area (Å²) >= 11 is 1.86. The molecule has 3 atom stereocenters. The minimum Gasteiger partial charge on any atom is -0.352 e. The average molecular weight is 301 g/mol. The third-order valence-corrected chi connectivity index (χ3v) is 4.86. The van der Waals surface area contributed by atoms with E-state index in [1.54, 1.807) is 0 Å². The number of carbonyl (C=O) groups is 2. The standard InChI is InChI=1S/C14H27N3O2S/c1-9(2)13(15)14(19)16-8-12(18)17-10-5-4-6-11(7-10)20-3/h9-11,13H,4-8,15H2,1-3H3,(H,16,19)(H,17,18)/t10?,11?,13-/m0/s1. The van der Waals surface area contributed by atoms with Crippen LogP contribution >= 0.6 is 11.8 Å². The molecule has 0 heterocycles. The molecule has 5 nitrogen and oxygen atoms in total. The van der Waals surface area contributed by atoms with Crippen LogP contribution in [0.3, 0.4) is 0 Å². The summed E-state index contributed by atoms with van der Waals surface area (Å²) in [5.74, 6) is -0.319. The van der Waals surface area contributed by atoms with E-state index < -0.39 is 6.04 Å². The van der Waals surface area contributed by atoms with E-state index in [4.69, 9.17) is 5.73 Å². The summed E-state index contributed by atoms with van der Waals surface area (Å²) in [5.41, 5.74) is 5.72. The number of nitrogens with one attached hydrogen (secondary N) is 2. The van der Waals surface area contributed by atoms with E-state index in [9.17, 15) is 9.59 Å². The van der Waals surface area contributed by atoms with Gasteiger partial charge < -0.3 is 16.4 Å². The van der Waals surface area contributed by atoms with Gasteiger partial charge in [-0.05, 0) is 31.4 Å². The van der Waals surface area contributed by atoms with Crippen molar-refractivity contribution in [3.63, 3.8) is 0 Å². The van der Waals surface area contributed by atoms with Crippen molar-refractivity contribution in [2.24, 2.45) is 11.7 Å². The maximum atomic E-state index is 11.8. The van der Waals surface area contributed by atoms with Crippen LogP contribution in [0.2, 0.25) is 0 Å². The molecule has 116 valence electrons. The van der Waals surface area contributed by atoms with Crippen molar-refractivity contribution in [1.82, 2.24) is 10.6 Å². The fraction of sp³-hybridized carbons (Fsp3) is 0.857. The van der Waals surface area contributed by atoms with Gasteiger partial charge in [0.05, 0.1) is 12.6 Å². The largest absolute Gasteiger partial charge is 0.352 e. The fourth-order valence-corrected chi connectivity index (χ4v) is 3.18. The van der Waals surface area contributed by atoms with Crippen molar-refractivity contribution < 1.29 is 9.59 Å². The van der Waals surface area contributed by atoms with Gasteiger partial charge in [-0.2, -0.15) is 11.8 Å². The van der Waals surface area contributed by atoms with E-state index in [2.05, 4.69) is 16.9 Å². The molecule has 1 aliphatic rings. The van der Waals surface area contributed by atoms with E-state index in [1.165, 1.54) is 6.42 Å². The van der Waals surface area contributed by atoms with Crippen LogP contribution in [0, 0.1) is 5.92 Å². The molecule has 0 aromatic carbocycles. The minimum atomic E-state index is -0.557. The van der Waals surface area contributed by atoms with Crippen molar-refractivity contribution in [1.29, 1.82) is 0 Å². The SMILES string of the molecule is CSC1CCCC(NC(=O)CNC(=O)[C@@H](N)C(C)C)C1. The van der Waals surface area contributed by atoms with Crippen molar-refractivity contribution in [2.75, 3.05) is 12.8 Å². The normalized spacial score (nSPS) is 24.2. The molecule has 1 saturated carbocycles. The van der Waals surface area contributed by atoms with Gasteiger partial charge in [-0.15, -0.1) is 0 Å². The summed E-state index contributed by atoms with van der Waals surface area (Å²) in [4.78, 5) is 23.5. The second-order valence-electron chi connectivity index (χ2n) is 5.78. The Bertz CT molecular complexity index is 336. The molecule has 1 aliphatic carbocycles. The zero-order valence-corrected chi connectivity index (χ0v) is 13.5. The molecule has 0 aliphatic heterocycles. The molecular weight excluding hydrogens is 274 g/mol. The number of carbonyl (C=O) groups excluding carboxylic acids is 2. The quantitative estimate of drug-likeness (QED) is 0.680. The molecule has 0 bridgehead atoms. The lowest BCUT2D eigenvalue weighted by Crippen LogP contribution is -2.49. The number of hydrogen-bond donors (Lipinski definition) is 3. The van der Waals surface area contributed by atoms with Gasteiger partial charge in [0.15, 0.2) is 0 Å². The highest BCUT2D eigenvalue weighted by Gasteiger charge is 2.23. The van der Waals surface area contributed by atoms with E-state index in [0.29, 0.717) is 5.25 Å². The Morgan fingerprint density at radius 3 is 2.65 bits per heavy atom. The molecule has 4 N–H and O–H groups in total. The lowest BCUT2D eigenvalue weighted by molar-refractivity contribution is -0.127. The Morgan fingerprint density at radius 2 is 2.05 bits per heavy atom. The van der Waals surface area contributed by atoms with E-state index >= 15 is 0 Å². The van der Waals surface area contributed by atoms with Crippen molar-refractivity contribution in [3.8, 4) is 0 Å². The molecule has 1 fully saturated rings. The molecule has 0 aromatic heterocycles. The van der Waals surface area contributed by atoms with Gasteiger partial charge in [0.2, 0.25) is 11.8 Å². The number of thioether (sulfide) groups is 1. The Kier molecular flexibility index (Phi) is 7.37. The predicted octanol–water partition coefficient (Wildman–Crippen LogP) is 0.876. The lowest BCUT2D eigenvalue weighted by atomic mass is 9.95. The highest BCUT2D eigenvalue weighted by molar-refractivity contribution is 7.99. The topological polar surface area (TPSA) is 84.2 Å². The van der Waals surface area contributed by atoms with Crippen molar-refractivity contribution in [3.05, 3.63) is 0 Å². The first-order valence-electron chi connectivity index (χ1n) is 7.29. The van der Waals surface area contributed by atoms with E-state index in [1.807, 2.05) is 25.6 Å². The third-order valence-electron chi connectivity index (χ3n) is 3.77. The Morgan fingerprint density at radius 1 is 1.35 bits per heavy atom. The first kappa shape index (κ1) is 17.3. The maximum absolute atomic E-state index is 11.8. The highest BCUT2D eigenvalue weighted by atomic mass is 32.2. The average Bonchev–Trinajstić information content (AvgIpc) is 2.43. The summed E-state index contributed by atoms with van der Waals surface area (Å²) in [7, 11) is 0. The summed E-state index contributed by atoms with van der Waals surface area (Å²) < 4.78 is 0. The summed E-state index contributed by atoms with van der Waals surface area (Å²) in [6.45, 7) is 3.78. The van der Waals surface area contributed by atoms with Crippen LogP contribution in [0.25, 0.3) is 0 Å². The van der Waals surface area contributed by atoms with Gasteiger partial charge in [0, 0.05) is 11.3 Å². The zero-order chi connectivity index (χ0) is 15.1. The van der Waals surface area contributed by atoms with Gasteiger partial charge in [0.25, 0.3) is 0 Å². The third kappa shape index (κ3) is 5.71. The van der Waals surface area contributed by atoms with Gasteiger partial charge >= 0.3 is 0 Å². The molecule has 0 saturated heterocycles. The van der Waals surface area contributed by atoms with E-state index in [0.717, 1.165) is 19.3 Å². The molecule has 0 aromatic rings.